The molecule has 0 spiro atoms. The van der Waals surface area contributed by atoms with Crippen molar-refractivity contribution in [2.24, 2.45) is 4.99 Å². The van der Waals surface area contributed by atoms with E-state index in [0.717, 1.165) is 22.3 Å². The molecule has 0 rings (SSSR count). The first-order chi connectivity index (χ1) is 10.4. The monoisotopic (exact) mass is 297 g/mol. The van der Waals surface area contributed by atoms with Crippen LogP contribution in [0.4, 0.5) is 0 Å². The summed E-state index contributed by atoms with van der Waals surface area (Å²) in [5, 5.41) is 0. The van der Waals surface area contributed by atoms with Crippen molar-refractivity contribution in [3.05, 3.63) is 85.1 Å². The molecular formula is C21H31N. The van der Waals surface area contributed by atoms with Gasteiger partial charge in [0, 0.05) is 6.21 Å². The van der Waals surface area contributed by atoms with Gasteiger partial charge in [0.2, 0.25) is 0 Å². The molecule has 0 atom stereocenters. The summed E-state index contributed by atoms with van der Waals surface area (Å²) in [6, 6.07) is 0. The van der Waals surface area contributed by atoms with Crippen molar-refractivity contribution in [3.63, 3.8) is 0 Å². The summed E-state index contributed by atoms with van der Waals surface area (Å²) >= 11 is 0. The van der Waals surface area contributed by atoms with Gasteiger partial charge in [-0.15, -0.1) is 0 Å². The van der Waals surface area contributed by atoms with Crippen LogP contribution >= 0.6 is 0 Å². The lowest BCUT2D eigenvalue weighted by atomic mass is 10.1. The van der Waals surface area contributed by atoms with Crippen molar-refractivity contribution in [1.82, 2.24) is 0 Å². The van der Waals surface area contributed by atoms with E-state index in [2.05, 4.69) is 45.2 Å². The van der Waals surface area contributed by atoms with Gasteiger partial charge in [0.25, 0.3) is 0 Å². The Hall–Kier alpha value is -2.15. The van der Waals surface area contributed by atoms with Crippen LogP contribution in [0.2, 0.25) is 0 Å². The lowest BCUT2D eigenvalue weighted by Crippen LogP contribution is -1.88. The largest absolute Gasteiger partial charge is 0.288 e. The van der Waals surface area contributed by atoms with Crippen LogP contribution in [0, 0.1) is 0 Å². The van der Waals surface area contributed by atoms with Crippen molar-refractivity contribution in [3.8, 4) is 0 Å². The average molecular weight is 297 g/mol. The molecule has 0 fully saturated rings. The van der Waals surface area contributed by atoms with E-state index in [-0.39, 0.29) is 0 Å². The molecule has 1 heteroatoms. The van der Waals surface area contributed by atoms with Crippen molar-refractivity contribution in [2.45, 2.75) is 34.1 Å². The molecule has 1 nitrogen and oxygen atoms in total. The fourth-order valence-electron chi connectivity index (χ4n) is 1.10. The van der Waals surface area contributed by atoms with Crippen LogP contribution < -0.4 is 0 Å². The van der Waals surface area contributed by atoms with E-state index in [4.69, 9.17) is 0 Å². The summed E-state index contributed by atoms with van der Waals surface area (Å²) in [7, 11) is 0. The zero-order chi connectivity index (χ0) is 17.4. The summed E-state index contributed by atoms with van der Waals surface area (Å²) < 4.78 is 0. The molecular weight excluding hydrogens is 266 g/mol. The van der Waals surface area contributed by atoms with E-state index in [9.17, 15) is 0 Å². The van der Waals surface area contributed by atoms with Crippen LogP contribution in [0.15, 0.2) is 90.1 Å². The Bertz CT molecular complexity index is 482. The minimum Gasteiger partial charge on any atom is -0.288 e. The lowest BCUT2D eigenvalue weighted by Gasteiger charge is -2.00. The minimum absolute atomic E-state index is 0.596. The van der Waals surface area contributed by atoms with E-state index in [1.54, 1.807) is 12.3 Å². The molecule has 120 valence electrons. The third-order valence-corrected chi connectivity index (χ3v) is 2.53. The summed E-state index contributed by atoms with van der Waals surface area (Å²) in [5.41, 5.74) is 3.81. The zero-order valence-corrected chi connectivity index (χ0v) is 14.7. The van der Waals surface area contributed by atoms with Gasteiger partial charge in [0.05, 0.1) is 6.54 Å². The molecule has 0 saturated carbocycles. The van der Waals surface area contributed by atoms with Gasteiger partial charge >= 0.3 is 0 Å². The van der Waals surface area contributed by atoms with Crippen LogP contribution in [0.3, 0.4) is 0 Å². The molecule has 22 heavy (non-hydrogen) atoms. The predicted molar refractivity (Wildman–Crippen MR) is 105 cm³/mol. The standard InChI is InChI=1S/C18H23N.C3H8/c1-7-9-11-17(5)18(6)14-19-13-10-12-16(4)15(3)8-2;1-3-2/h7-13H,2-4,6,14H2,1,5H3;3H2,1-2H3/b9-7-,12-10-,17-11-,19-13?;. The van der Waals surface area contributed by atoms with Crippen LogP contribution in [0.5, 0.6) is 0 Å². The van der Waals surface area contributed by atoms with Gasteiger partial charge in [-0.25, -0.2) is 0 Å². The first kappa shape index (κ1) is 22.1. The Morgan fingerprint density at radius 3 is 2.14 bits per heavy atom. The van der Waals surface area contributed by atoms with Gasteiger partial charge in [-0.05, 0) is 42.2 Å². The molecule has 0 bridgehead atoms. The van der Waals surface area contributed by atoms with Crippen molar-refractivity contribution in [1.29, 1.82) is 0 Å². The van der Waals surface area contributed by atoms with E-state index >= 15 is 0 Å². The molecule has 0 aromatic carbocycles. The average Bonchev–Trinajstić information content (AvgIpc) is 2.51. The first-order valence-electron chi connectivity index (χ1n) is 7.59. The Kier molecular flexibility index (Phi) is 15.3. The predicted octanol–water partition coefficient (Wildman–Crippen LogP) is 6.41. The van der Waals surface area contributed by atoms with Gasteiger partial charge in [-0.1, -0.05) is 77.0 Å². The molecule has 0 aliphatic rings. The summed E-state index contributed by atoms with van der Waals surface area (Å²) in [6.45, 7) is 24.2. The highest BCUT2D eigenvalue weighted by atomic mass is 14.7. The zero-order valence-electron chi connectivity index (χ0n) is 14.7. The molecule has 0 N–H and O–H groups in total. The fraction of sp³-hybridized carbons (Fsp3) is 0.286. The van der Waals surface area contributed by atoms with Gasteiger partial charge in [0.15, 0.2) is 0 Å². The van der Waals surface area contributed by atoms with E-state index in [1.807, 2.05) is 44.2 Å². The van der Waals surface area contributed by atoms with Crippen LogP contribution in [0.25, 0.3) is 0 Å². The van der Waals surface area contributed by atoms with Crippen LogP contribution in [-0.2, 0) is 0 Å². The quantitative estimate of drug-likeness (QED) is 0.363. The number of nitrogens with zero attached hydrogens (tertiary/aromatic N) is 1. The van der Waals surface area contributed by atoms with Crippen molar-refractivity contribution >= 4 is 6.21 Å². The molecule has 0 saturated heterocycles. The number of rotatable bonds is 8. The molecule has 0 radical (unpaired) electrons. The minimum atomic E-state index is 0.596. The molecule has 0 amide bonds. The maximum atomic E-state index is 4.28. The topological polar surface area (TPSA) is 12.4 Å². The maximum Gasteiger partial charge on any atom is 0.0636 e. The number of aliphatic imine (C=N–C) groups is 1. The number of hydrogen-bond donors (Lipinski definition) is 0. The first-order valence-corrected chi connectivity index (χ1v) is 7.59. The Labute approximate surface area is 137 Å². The highest BCUT2D eigenvalue weighted by Crippen LogP contribution is 2.08. The Balaban J connectivity index is 0. The maximum absolute atomic E-state index is 4.28. The second-order valence-electron chi connectivity index (χ2n) is 4.79. The van der Waals surface area contributed by atoms with Gasteiger partial charge in [-0.2, -0.15) is 0 Å². The highest BCUT2D eigenvalue weighted by Gasteiger charge is 1.93. The second kappa shape index (κ2) is 15.2. The van der Waals surface area contributed by atoms with E-state index < -0.39 is 0 Å². The SMILES string of the molecule is C=CC(=C)C(=C)/C=C\C=NCC(=C)/C(C)=C\C=C/C.CCC. The van der Waals surface area contributed by atoms with Gasteiger partial charge in [0.1, 0.15) is 0 Å². The third kappa shape index (κ3) is 12.9. The Morgan fingerprint density at radius 2 is 1.64 bits per heavy atom. The second-order valence-corrected chi connectivity index (χ2v) is 4.79. The van der Waals surface area contributed by atoms with Crippen molar-refractivity contribution < 1.29 is 0 Å². The van der Waals surface area contributed by atoms with Gasteiger partial charge < -0.3 is 0 Å². The van der Waals surface area contributed by atoms with Crippen LogP contribution in [-0.4, -0.2) is 12.8 Å². The fourth-order valence-corrected chi connectivity index (χ4v) is 1.10. The van der Waals surface area contributed by atoms with E-state index in [1.165, 1.54) is 6.42 Å². The number of allylic oxidation sites excluding steroid dienone is 8. The molecule has 0 unspecified atom stereocenters. The smallest absolute Gasteiger partial charge is 0.0636 e. The molecule has 0 aromatic rings. The lowest BCUT2D eigenvalue weighted by molar-refractivity contribution is 1.09. The molecule has 0 heterocycles. The third-order valence-electron chi connectivity index (χ3n) is 2.53. The van der Waals surface area contributed by atoms with E-state index in [0.29, 0.717) is 6.54 Å². The molecule has 0 aliphatic heterocycles. The summed E-state index contributed by atoms with van der Waals surface area (Å²) in [4.78, 5) is 4.28. The molecule has 0 aliphatic carbocycles. The summed E-state index contributed by atoms with van der Waals surface area (Å²) in [5.74, 6) is 0. The molecule has 0 aromatic heterocycles. The van der Waals surface area contributed by atoms with Crippen molar-refractivity contribution in [2.75, 3.05) is 6.54 Å². The highest BCUT2D eigenvalue weighted by molar-refractivity contribution is 5.72. The normalized spacial score (nSPS) is 11.5. The van der Waals surface area contributed by atoms with Gasteiger partial charge in [-0.3, -0.25) is 4.99 Å². The Morgan fingerprint density at radius 1 is 1.05 bits per heavy atom. The summed E-state index contributed by atoms with van der Waals surface area (Å²) in [6.07, 6.45) is 14.4. The van der Waals surface area contributed by atoms with Crippen LogP contribution in [0.1, 0.15) is 34.1 Å². The number of hydrogen-bond acceptors (Lipinski definition) is 1.